The van der Waals surface area contributed by atoms with Gasteiger partial charge in [0.15, 0.2) is 10.8 Å². The minimum absolute atomic E-state index is 0.0764. The summed E-state index contributed by atoms with van der Waals surface area (Å²) in [5.74, 6) is -1.21. The van der Waals surface area contributed by atoms with Gasteiger partial charge in [0.05, 0.1) is 0 Å². The zero-order valence-corrected chi connectivity index (χ0v) is 19.5. The Morgan fingerprint density at radius 3 is 2.82 bits per heavy atom. The van der Waals surface area contributed by atoms with Gasteiger partial charge in [-0.3, -0.25) is 14.5 Å². The Balaban J connectivity index is 1.74. The average molecular weight is 513 g/mol. The molecule has 0 radical (unpaired) electrons. The zero-order chi connectivity index (χ0) is 24.8. The second-order valence-corrected chi connectivity index (χ2v) is 8.50. The second-order valence-electron chi connectivity index (χ2n) is 6.50. The molecule has 2 aliphatic heterocycles. The zero-order valence-electron chi connectivity index (χ0n) is 17.8. The molecule has 14 nitrogen and oxygen atoms in total. The molecule has 0 aromatic carbocycles. The molecule has 1 aromatic rings. The fraction of sp³-hybridized carbons (Fsp3) is 0.333. The summed E-state index contributed by atoms with van der Waals surface area (Å²) in [7, 11) is 2.66. The smallest absolute Gasteiger partial charge is 0.449 e. The van der Waals surface area contributed by atoms with Crippen LogP contribution in [0.15, 0.2) is 34.1 Å². The lowest BCUT2D eigenvalue weighted by Crippen LogP contribution is -2.70. The molecule has 5 N–H and O–H groups in total. The van der Waals surface area contributed by atoms with Gasteiger partial charge in [-0.05, 0) is 6.08 Å². The first-order chi connectivity index (χ1) is 16.3. The number of carboxylic acid groups (broad SMARTS) is 1. The van der Waals surface area contributed by atoms with Crippen molar-refractivity contribution >= 4 is 58.0 Å². The molecular formula is C18H20N6O8S2. The number of nitrogens with one attached hydrogen (secondary N) is 2. The highest BCUT2D eigenvalue weighted by atomic mass is 32.2. The summed E-state index contributed by atoms with van der Waals surface area (Å²) < 4.78 is 9.69. The second kappa shape index (κ2) is 10.9. The largest absolute Gasteiger partial charge is 0.512 e. The number of nitrogens with zero attached hydrogens (tertiary/aromatic N) is 3. The van der Waals surface area contributed by atoms with E-state index in [4.69, 9.17) is 25.2 Å². The van der Waals surface area contributed by atoms with Crippen LogP contribution < -0.4 is 16.4 Å². The van der Waals surface area contributed by atoms with Crippen LogP contribution in [0.3, 0.4) is 0 Å². The molecule has 0 spiro atoms. The van der Waals surface area contributed by atoms with E-state index < -0.39 is 35.5 Å². The van der Waals surface area contributed by atoms with Crippen molar-refractivity contribution < 1.29 is 38.6 Å². The van der Waals surface area contributed by atoms with Crippen LogP contribution in [0, 0.1) is 0 Å². The van der Waals surface area contributed by atoms with E-state index in [9.17, 15) is 19.2 Å². The van der Waals surface area contributed by atoms with Gasteiger partial charge < -0.3 is 35.8 Å². The van der Waals surface area contributed by atoms with E-state index in [2.05, 4.69) is 20.8 Å². The third-order valence-electron chi connectivity index (χ3n) is 4.41. The number of aromatic nitrogens is 1. The number of β-lactam (4-membered cyclic amide) rings is 1. The van der Waals surface area contributed by atoms with Gasteiger partial charge in [0, 0.05) is 23.8 Å². The summed E-state index contributed by atoms with van der Waals surface area (Å²) in [6, 6.07) is -0.968. The number of thiazole rings is 1. The number of rotatable bonds is 8. The summed E-state index contributed by atoms with van der Waals surface area (Å²) in [5, 5.41) is 18.8. The van der Waals surface area contributed by atoms with Crippen LogP contribution in [-0.2, 0) is 23.9 Å². The summed E-state index contributed by atoms with van der Waals surface area (Å²) in [6.45, 7) is -0.0764. The number of ether oxygens (including phenoxy) is 2. The Morgan fingerprint density at radius 2 is 2.21 bits per heavy atom. The van der Waals surface area contributed by atoms with Gasteiger partial charge in [0.25, 0.3) is 11.8 Å². The number of hydrogen-bond donors (Lipinski definition) is 4. The predicted molar refractivity (Wildman–Crippen MR) is 121 cm³/mol. The number of amides is 3. The fourth-order valence-electron chi connectivity index (χ4n) is 2.98. The Bertz CT molecular complexity index is 1080. The number of allylic oxidation sites excluding steroid dienone is 1. The number of nitrogens with two attached hydrogens (primary N) is 1. The first kappa shape index (κ1) is 24.8. The van der Waals surface area contributed by atoms with Crippen molar-refractivity contribution in [3.05, 3.63) is 34.7 Å². The summed E-state index contributed by atoms with van der Waals surface area (Å²) in [5.41, 5.74) is 6.02. The van der Waals surface area contributed by atoms with E-state index in [0.717, 1.165) is 16.2 Å². The standard InChI is InChI=1S/C18H20N6O8S2/c1-20-17(27)31-5-3-4-8-6-33-15-11(13(26)24(15)14(8)32-18(28)29)22-12(25)10(23-30-2)9-7-34-16(19)21-9/h3-4,7,11,15H,5-6H2,1-2H3,(H2,19,21)(H,20,27)(H,22,25)(H,28,29)/b4-3-,23-10-/t11?,15-/m0/s1. The van der Waals surface area contributed by atoms with Crippen molar-refractivity contribution in [2.24, 2.45) is 5.16 Å². The third kappa shape index (κ3) is 5.40. The van der Waals surface area contributed by atoms with Crippen molar-refractivity contribution in [3.63, 3.8) is 0 Å². The molecule has 0 saturated carbocycles. The molecule has 3 heterocycles. The number of thioether (sulfide) groups is 1. The van der Waals surface area contributed by atoms with Gasteiger partial charge in [-0.15, -0.1) is 23.1 Å². The average Bonchev–Trinajstić information content (AvgIpc) is 3.23. The number of hydrogen-bond acceptors (Lipinski definition) is 12. The quantitative estimate of drug-likeness (QED) is 0.162. The Morgan fingerprint density at radius 1 is 1.44 bits per heavy atom. The monoisotopic (exact) mass is 512 g/mol. The van der Waals surface area contributed by atoms with Gasteiger partial charge in [0.1, 0.15) is 30.8 Å². The first-order valence-electron chi connectivity index (χ1n) is 9.49. The van der Waals surface area contributed by atoms with Crippen LogP contribution in [0.25, 0.3) is 0 Å². The van der Waals surface area contributed by atoms with Crippen molar-refractivity contribution in [1.29, 1.82) is 0 Å². The maximum Gasteiger partial charge on any atom is 0.512 e. The number of oxime groups is 1. The molecular weight excluding hydrogens is 492 g/mol. The van der Waals surface area contributed by atoms with Crippen molar-refractivity contribution in [2.45, 2.75) is 11.4 Å². The lowest BCUT2D eigenvalue weighted by atomic mass is 10.1. The van der Waals surface area contributed by atoms with Crippen LogP contribution in [0.4, 0.5) is 14.7 Å². The topological polar surface area (TPSA) is 195 Å². The van der Waals surface area contributed by atoms with Gasteiger partial charge in [-0.1, -0.05) is 11.2 Å². The molecule has 1 fully saturated rings. The third-order valence-corrected chi connectivity index (χ3v) is 6.39. The fourth-order valence-corrected chi connectivity index (χ4v) is 4.82. The summed E-state index contributed by atoms with van der Waals surface area (Å²) >= 11 is 2.39. The van der Waals surface area contributed by atoms with Crippen molar-refractivity contribution in [1.82, 2.24) is 20.5 Å². The molecule has 182 valence electrons. The normalized spacial score (nSPS) is 19.9. The highest BCUT2D eigenvalue weighted by Gasteiger charge is 2.54. The Hall–Kier alpha value is -3.79. The SMILES string of the molecule is CNC(=O)OC/C=C\C1=C(OC(=O)O)N2C(=O)C(NC(=O)/C(=N\OC)c3csc(N)n3)[C@@H]2SC1. The molecule has 3 rings (SSSR count). The van der Waals surface area contributed by atoms with Gasteiger partial charge in [0.2, 0.25) is 5.88 Å². The minimum Gasteiger partial charge on any atom is -0.449 e. The van der Waals surface area contributed by atoms with Crippen LogP contribution >= 0.6 is 23.1 Å². The van der Waals surface area contributed by atoms with E-state index in [0.29, 0.717) is 5.57 Å². The van der Waals surface area contributed by atoms with Crippen molar-refractivity contribution in [3.8, 4) is 0 Å². The molecule has 1 saturated heterocycles. The predicted octanol–water partition coefficient (Wildman–Crippen LogP) is 0.294. The minimum atomic E-state index is -1.61. The first-order valence-corrected chi connectivity index (χ1v) is 11.4. The molecule has 1 unspecified atom stereocenters. The lowest BCUT2D eigenvalue weighted by molar-refractivity contribution is -0.148. The van der Waals surface area contributed by atoms with Crippen LogP contribution in [0.5, 0.6) is 0 Å². The summed E-state index contributed by atoms with van der Waals surface area (Å²) in [4.78, 5) is 57.8. The van der Waals surface area contributed by atoms with Crippen LogP contribution in [0.2, 0.25) is 0 Å². The van der Waals surface area contributed by atoms with E-state index >= 15 is 0 Å². The highest BCUT2D eigenvalue weighted by Crippen LogP contribution is 2.41. The lowest BCUT2D eigenvalue weighted by Gasteiger charge is -2.48. The molecule has 0 bridgehead atoms. The molecule has 1 aromatic heterocycles. The van der Waals surface area contributed by atoms with Gasteiger partial charge in [-0.2, -0.15) is 0 Å². The van der Waals surface area contributed by atoms with E-state index in [1.165, 1.54) is 43.5 Å². The van der Waals surface area contributed by atoms with Crippen LogP contribution in [0.1, 0.15) is 5.69 Å². The number of nitrogen functional groups attached to an aromatic ring is 1. The molecule has 3 amide bonds. The van der Waals surface area contributed by atoms with Crippen molar-refractivity contribution in [2.75, 3.05) is 32.3 Å². The molecule has 16 heteroatoms. The van der Waals surface area contributed by atoms with Gasteiger partial charge >= 0.3 is 12.2 Å². The van der Waals surface area contributed by atoms with Crippen LogP contribution in [-0.4, -0.2) is 82.7 Å². The molecule has 0 aliphatic carbocycles. The van der Waals surface area contributed by atoms with E-state index in [1.54, 1.807) is 0 Å². The number of alkyl carbamates (subject to hydrolysis) is 1. The molecule has 2 atom stereocenters. The Kier molecular flexibility index (Phi) is 7.95. The maximum absolute atomic E-state index is 12.8. The molecule has 2 aliphatic rings. The maximum atomic E-state index is 12.8. The van der Waals surface area contributed by atoms with E-state index in [-0.39, 0.29) is 34.8 Å². The van der Waals surface area contributed by atoms with Gasteiger partial charge in [-0.25, -0.2) is 14.6 Å². The number of anilines is 1. The number of carbonyl (C=O) groups excluding carboxylic acids is 3. The molecule has 34 heavy (non-hydrogen) atoms. The highest BCUT2D eigenvalue weighted by molar-refractivity contribution is 8.00. The summed E-state index contributed by atoms with van der Waals surface area (Å²) in [6.07, 6.45) is 0.739. The number of fused-ring (bicyclic) bond motifs is 1. The number of carbonyl (C=O) groups is 4. The van der Waals surface area contributed by atoms with E-state index in [1.807, 2.05) is 0 Å². The Labute approximate surface area is 200 Å².